The molecule has 3 nitrogen and oxygen atoms in total. The van der Waals surface area contributed by atoms with Crippen molar-refractivity contribution in [2.45, 2.75) is 45.4 Å². The second kappa shape index (κ2) is 3.65. The maximum atomic E-state index is 9.63. The van der Waals surface area contributed by atoms with Gasteiger partial charge in [0.25, 0.3) is 0 Å². The van der Waals surface area contributed by atoms with Crippen LogP contribution < -0.4 is 5.32 Å². The molecule has 1 aromatic heterocycles. The van der Waals surface area contributed by atoms with Crippen LogP contribution in [0.5, 0.6) is 0 Å². The van der Waals surface area contributed by atoms with Gasteiger partial charge in [0.1, 0.15) is 0 Å². The lowest BCUT2D eigenvalue weighted by Crippen LogP contribution is -2.60. The highest BCUT2D eigenvalue weighted by atomic mass is 16.3. The van der Waals surface area contributed by atoms with Crippen molar-refractivity contribution in [3.05, 3.63) is 24.2 Å². The monoisotopic (exact) mass is 209 g/mol. The Morgan fingerprint density at radius 3 is 2.80 bits per heavy atom. The first-order chi connectivity index (χ1) is 7.01. The topological polar surface area (TPSA) is 45.4 Å². The molecule has 2 rings (SSSR count). The van der Waals surface area contributed by atoms with Crippen LogP contribution in [0.15, 0.2) is 23.0 Å². The Bertz CT molecular complexity index is 318. The fraction of sp³-hybridized carbons (Fsp3) is 0.667. The molecule has 1 aliphatic carbocycles. The van der Waals surface area contributed by atoms with Gasteiger partial charge in [-0.3, -0.25) is 0 Å². The van der Waals surface area contributed by atoms with E-state index in [4.69, 9.17) is 4.42 Å². The van der Waals surface area contributed by atoms with Crippen LogP contribution in [-0.2, 0) is 0 Å². The first-order valence-electron chi connectivity index (χ1n) is 5.48. The number of hydrogen-bond acceptors (Lipinski definition) is 3. The van der Waals surface area contributed by atoms with Gasteiger partial charge >= 0.3 is 0 Å². The number of aliphatic hydroxyl groups excluding tert-OH is 1. The van der Waals surface area contributed by atoms with Gasteiger partial charge in [0.2, 0.25) is 0 Å². The lowest BCUT2D eigenvalue weighted by atomic mass is 9.64. The molecule has 3 heteroatoms. The van der Waals surface area contributed by atoms with Gasteiger partial charge in [0.05, 0.1) is 18.6 Å². The van der Waals surface area contributed by atoms with Crippen LogP contribution in [0.4, 0.5) is 0 Å². The molecular weight excluding hydrogens is 190 g/mol. The van der Waals surface area contributed by atoms with E-state index in [1.54, 1.807) is 12.5 Å². The van der Waals surface area contributed by atoms with Crippen LogP contribution in [0.3, 0.4) is 0 Å². The van der Waals surface area contributed by atoms with Gasteiger partial charge in [-0.05, 0) is 19.4 Å². The number of nitrogens with one attached hydrogen (secondary N) is 1. The molecule has 0 spiro atoms. The molecule has 2 N–H and O–H groups in total. The van der Waals surface area contributed by atoms with Crippen LogP contribution >= 0.6 is 0 Å². The highest BCUT2D eigenvalue weighted by Crippen LogP contribution is 2.41. The van der Waals surface area contributed by atoms with Crippen molar-refractivity contribution in [2.75, 3.05) is 0 Å². The maximum absolute atomic E-state index is 9.63. The number of rotatable bonds is 3. The van der Waals surface area contributed by atoms with Crippen molar-refractivity contribution in [2.24, 2.45) is 5.41 Å². The molecule has 0 aromatic carbocycles. The molecule has 15 heavy (non-hydrogen) atoms. The number of aliphatic hydroxyl groups is 1. The third kappa shape index (κ3) is 1.82. The normalized spacial score (nSPS) is 30.9. The molecule has 3 unspecified atom stereocenters. The van der Waals surface area contributed by atoms with Crippen LogP contribution in [-0.4, -0.2) is 17.3 Å². The summed E-state index contributed by atoms with van der Waals surface area (Å²) in [5.41, 5.74) is 1.14. The van der Waals surface area contributed by atoms with Crippen molar-refractivity contribution >= 4 is 0 Å². The Kier molecular flexibility index (Phi) is 2.61. The molecule has 1 fully saturated rings. The zero-order chi connectivity index (χ0) is 11.1. The smallest absolute Gasteiger partial charge is 0.0950 e. The van der Waals surface area contributed by atoms with Gasteiger partial charge < -0.3 is 14.8 Å². The summed E-state index contributed by atoms with van der Waals surface area (Å²) >= 11 is 0. The fourth-order valence-electron chi connectivity index (χ4n) is 2.10. The molecule has 0 amide bonds. The van der Waals surface area contributed by atoms with E-state index in [1.165, 1.54) is 0 Å². The average molecular weight is 209 g/mol. The molecule has 3 atom stereocenters. The van der Waals surface area contributed by atoms with Crippen LogP contribution in [0.25, 0.3) is 0 Å². The van der Waals surface area contributed by atoms with Gasteiger partial charge in [0, 0.05) is 23.1 Å². The molecule has 0 bridgehead atoms. The molecule has 1 aliphatic rings. The van der Waals surface area contributed by atoms with Gasteiger partial charge in [0.15, 0.2) is 0 Å². The number of furan rings is 1. The Hall–Kier alpha value is -0.800. The Balaban J connectivity index is 1.94. The molecule has 84 valence electrons. The summed E-state index contributed by atoms with van der Waals surface area (Å²) in [5, 5.41) is 13.2. The van der Waals surface area contributed by atoms with E-state index < -0.39 is 0 Å². The van der Waals surface area contributed by atoms with Crippen molar-refractivity contribution < 1.29 is 9.52 Å². The number of hydrogen-bond donors (Lipinski definition) is 2. The van der Waals surface area contributed by atoms with E-state index in [1.807, 2.05) is 6.07 Å². The molecule has 0 radical (unpaired) electrons. The minimum Gasteiger partial charge on any atom is -0.472 e. The van der Waals surface area contributed by atoms with Crippen LogP contribution in [0.2, 0.25) is 0 Å². The molecule has 1 saturated carbocycles. The van der Waals surface area contributed by atoms with Gasteiger partial charge in [-0.1, -0.05) is 13.8 Å². The standard InChI is InChI=1S/C12H19NO2/c1-8(9-4-5-15-7-9)13-10-6-11(14)12(10,2)3/h4-5,7-8,10-11,13-14H,6H2,1-3H3. The predicted octanol–water partition coefficient (Wildman–Crippen LogP) is 2.09. The molecule has 0 saturated heterocycles. The van der Waals surface area contributed by atoms with Crippen molar-refractivity contribution in [3.63, 3.8) is 0 Å². The average Bonchev–Trinajstić information content (AvgIpc) is 2.70. The Labute approximate surface area is 90.5 Å². The van der Waals surface area contributed by atoms with E-state index in [0.717, 1.165) is 12.0 Å². The Morgan fingerprint density at radius 2 is 2.33 bits per heavy atom. The molecule has 0 aliphatic heterocycles. The zero-order valence-corrected chi connectivity index (χ0v) is 9.53. The largest absolute Gasteiger partial charge is 0.472 e. The van der Waals surface area contributed by atoms with Crippen molar-refractivity contribution in [1.29, 1.82) is 0 Å². The van der Waals surface area contributed by atoms with Gasteiger partial charge in [-0.15, -0.1) is 0 Å². The lowest BCUT2D eigenvalue weighted by molar-refractivity contribution is -0.0754. The summed E-state index contributed by atoms with van der Waals surface area (Å²) in [4.78, 5) is 0. The van der Waals surface area contributed by atoms with Gasteiger partial charge in [-0.2, -0.15) is 0 Å². The van der Waals surface area contributed by atoms with E-state index >= 15 is 0 Å². The summed E-state index contributed by atoms with van der Waals surface area (Å²) in [5.74, 6) is 0. The van der Waals surface area contributed by atoms with Crippen LogP contribution in [0, 0.1) is 5.41 Å². The van der Waals surface area contributed by atoms with E-state index in [2.05, 4.69) is 26.1 Å². The van der Waals surface area contributed by atoms with Crippen molar-refractivity contribution in [1.82, 2.24) is 5.32 Å². The summed E-state index contributed by atoms with van der Waals surface area (Å²) in [6.45, 7) is 6.31. The van der Waals surface area contributed by atoms with Crippen LogP contribution in [0.1, 0.15) is 38.8 Å². The quantitative estimate of drug-likeness (QED) is 0.801. The highest BCUT2D eigenvalue weighted by Gasteiger charge is 2.47. The molecule has 1 aromatic rings. The summed E-state index contributed by atoms with van der Waals surface area (Å²) < 4.78 is 5.05. The van der Waals surface area contributed by atoms with E-state index in [0.29, 0.717) is 6.04 Å². The summed E-state index contributed by atoms with van der Waals surface area (Å²) in [6.07, 6.45) is 4.12. The predicted molar refractivity (Wildman–Crippen MR) is 58.5 cm³/mol. The zero-order valence-electron chi connectivity index (χ0n) is 9.53. The Morgan fingerprint density at radius 1 is 1.60 bits per heavy atom. The lowest BCUT2D eigenvalue weighted by Gasteiger charge is -2.50. The first-order valence-corrected chi connectivity index (χ1v) is 5.48. The third-order valence-corrected chi connectivity index (χ3v) is 3.71. The second-order valence-electron chi connectivity index (χ2n) is 5.07. The SMILES string of the molecule is CC(NC1CC(O)C1(C)C)c1ccoc1. The first kappa shape index (κ1) is 10.7. The maximum Gasteiger partial charge on any atom is 0.0950 e. The fourth-order valence-corrected chi connectivity index (χ4v) is 2.10. The highest BCUT2D eigenvalue weighted by molar-refractivity contribution is 5.12. The van der Waals surface area contributed by atoms with E-state index in [9.17, 15) is 5.11 Å². The van der Waals surface area contributed by atoms with E-state index in [-0.39, 0.29) is 17.6 Å². The van der Waals surface area contributed by atoms with Crippen molar-refractivity contribution in [3.8, 4) is 0 Å². The summed E-state index contributed by atoms with van der Waals surface area (Å²) in [7, 11) is 0. The third-order valence-electron chi connectivity index (χ3n) is 3.71. The summed E-state index contributed by atoms with van der Waals surface area (Å²) in [6, 6.07) is 2.64. The minimum atomic E-state index is -0.174. The minimum absolute atomic E-state index is 0.0159. The second-order valence-corrected chi connectivity index (χ2v) is 5.07. The molecule has 1 heterocycles. The van der Waals surface area contributed by atoms with Gasteiger partial charge in [-0.25, -0.2) is 0 Å². The molecular formula is C12H19NO2.